The van der Waals surface area contributed by atoms with Crippen molar-refractivity contribution in [1.29, 1.82) is 0 Å². The Kier molecular flexibility index (Phi) is 4.25. The molecule has 6 heteroatoms. The maximum Gasteiger partial charge on any atom is 0.225 e. The molecule has 21 heavy (non-hydrogen) atoms. The minimum Gasteiger partial charge on any atom is -0.347 e. The molecule has 1 unspecified atom stereocenters. The first-order valence-electron chi connectivity index (χ1n) is 7.13. The molecule has 1 amide bonds. The molecule has 0 radical (unpaired) electrons. The van der Waals surface area contributed by atoms with E-state index in [9.17, 15) is 4.79 Å². The summed E-state index contributed by atoms with van der Waals surface area (Å²) in [6.45, 7) is 1.95. The topological polar surface area (TPSA) is 66.8 Å². The summed E-state index contributed by atoms with van der Waals surface area (Å²) >= 11 is 0. The number of amides is 1. The largest absolute Gasteiger partial charge is 0.347 e. The number of nitrogens with zero attached hydrogens (tertiary/aromatic N) is 3. The van der Waals surface area contributed by atoms with E-state index in [4.69, 9.17) is 4.74 Å². The highest BCUT2D eigenvalue weighted by Gasteiger charge is 2.20. The molecular weight excluding hydrogens is 268 g/mol. The third-order valence-corrected chi connectivity index (χ3v) is 3.50. The lowest BCUT2D eigenvalue weighted by Crippen LogP contribution is -2.34. The van der Waals surface area contributed by atoms with Crippen molar-refractivity contribution < 1.29 is 9.53 Å². The Hall–Kier alpha value is -2.21. The van der Waals surface area contributed by atoms with E-state index in [1.54, 1.807) is 12.4 Å². The lowest BCUT2D eigenvalue weighted by atomic mass is 10.2. The van der Waals surface area contributed by atoms with Crippen molar-refractivity contribution in [2.24, 2.45) is 4.99 Å². The van der Waals surface area contributed by atoms with Gasteiger partial charge < -0.3 is 15.0 Å². The van der Waals surface area contributed by atoms with Gasteiger partial charge in [0.2, 0.25) is 12.3 Å². The molecule has 0 aliphatic carbocycles. The summed E-state index contributed by atoms with van der Waals surface area (Å²) in [5.74, 6) is 0.219. The first-order valence-corrected chi connectivity index (χ1v) is 7.13. The molecule has 0 aromatic carbocycles. The van der Waals surface area contributed by atoms with Crippen LogP contribution >= 0.6 is 0 Å². The van der Waals surface area contributed by atoms with E-state index in [0.29, 0.717) is 19.6 Å². The van der Waals surface area contributed by atoms with Crippen LogP contribution in [0, 0.1) is 0 Å². The molecule has 1 fully saturated rings. The third kappa shape index (κ3) is 3.46. The number of aliphatic imine (C=N–C) groups is 1. The van der Waals surface area contributed by atoms with Crippen molar-refractivity contribution in [3.8, 4) is 0 Å². The Balaban J connectivity index is 1.45. The van der Waals surface area contributed by atoms with Gasteiger partial charge >= 0.3 is 0 Å². The fourth-order valence-corrected chi connectivity index (χ4v) is 2.37. The number of allylic oxidation sites excluding steroid dienone is 1. The van der Waals surface area contributed by atoms with E-state index in [2.05, 4.69) is 15.3 Å². The Morgan fingerprint density at radius 3 is 3.05 bits per heavy atom. The molecule has 1 atom stereocenters. The molecule has 1 saturated heterocycles. The number of aromatic nitrogens is 1. The smallest absolute Gasteiger partial charge is 0.225 e. The van der Waals surface area contributed by atoms with Crippen molar-refractivity contribution >= 4 is 17.7 Å². The predicted octanol–water partition coefficient (Wildman–Crippen LogP) is 1.02. The summed E-state index contributed by atoms with van der Waals surface area (Å²) in [6, 6.07) is 5.75. The van der Waals surface area contributed by atoms with Crippen LogP contribution in [0.25, 0.3) is 5.57 Å². The van der Waals surface area contributed by atoms with Crippen LogP contribution in [0.15, 0.2) is 35.6 Å². The number of pyridine rings is 1. The van der Waals surface area contributed by atoms with E-state index in [1.165, 1.54) is 0 Å². The van der Waals surface area contributed by atoms with Crippen LogP contribution < -0.4 is 5.32 Å². The molecule has 1 aromatic rings. The lowest BCUT2D eigenvalue weighted by Gasteiger charge is -2.20. The van der Waals surface area contributed by atoms with Crippen molar-refractivity contribution in [3.63, 3.8) is 0 Å². The van der Waals surface area contributed by atoms with Crippen molar-refractivity contribution in [2.45, 2.75) is 19.2 Å². The Morgan fingerprint density at radius 2 is 2.38 bits per heavy atom. The number of ether oxygens (including phenoxy) is 1. The lowest BCUT2D eigenvalue weighted by molar-refractivity contribution is -0.128. The SMILES string of the molecule is O=C1CCCN1CCOC1N=CC(c2ccccn2)=CN1. The van der Waals surface area contributed by atoms with E-state index in [1.807, 2.05) is 29.3 Å². The fraction of sp³-hybridized carbons (Fsp3) is 0.400. The Morgan fingerprint density at radius 1 is 1.43 bits per heavy atom. The number of hydrogen-bond donors (Lipinski definition) is 1. The molecule has 2 aliphatic rings. The second-order valence-electron chi connectivity index (χ2n) is 4.97. The zero-order valence-electron chi connectivity index (χ0n) is 11.7. The molecule has 110 valence electrons. The quantitative estimate of drug-likeness (QED) is 0.877. The highest BCUT2D eigenvalue weighted by molar-refractivity contribution is 6.09. The van der Waals surface area contributed by atoms with Gasteiger partial charge in [0.15, 0.2) is 0 Å². The summed E-state index contributed by atoms with van der Waals surface area (Å²) in [7, 11) is 0. The van der Waals surface area contributed by atoms with E-state index in [-0.39, 0.29) is 5.91 Å². The summed E-state index contributed by atoms with van der Waals surface area (Å²) in [5, 5.41) is 3.08. The summed E-state index contributed by atoms with van der Waals surface area (Å²) < 4.78 is 5.61. The number of nitrogens with one attached hydrogen (secondary N) is 1. The van der Waals surface area contributed by atoms with Crippen molar-refractivity contribution in [3.05, 3.63) is 36.3 Å². The van der Waals surface area contributed by atoms with Gasteiger partial charge in [0.25, 0.3) is 0 Å². The summed E-state index contributed by atoms with van der Waals surface area (Å²) in [5.41, 5.74) is 1.79. The number of carbonyl (C=O) groups excluding carboxylic acids is 1. The van der Waals surface area contributed by atoms with Crippen LogP contribution in [0.5, 0.6) is 0 Å². The zero-order valence-corrected chi connectivity index (χ0v) is 11.7. The van der Waals surface area contributed by atoms with Crippen molar-refractivity contribution in [1.82, 2.24) is 15.2 Å². The van der Waals surface area contributed by atoms with Gasteiger partial charge in [0, 0.05) is 43.7 Å². The van der Waals surface area contributed by atoms with Gasteiger partial charge in [-0.2, -0.15) is 0 Å². The molecular formula is C15H18N4O2. The Labute approximate surface area is 123 Å². The zero-order chi connectivity index (χ0) is 14.5. The van der Waals surface area contributed by atoms with Crippen LogP contribution in [-0.2, 0) is 9.53 Å². The maximum atomic E-state index is 11.5. The summed E-state index contributed by atoms with van der Waals surface area (Å²) in [6.07, 6.45) is 6.57. The molecule has 0 saturated carbocycles. The van der Waals surface area contributed by atoms with Gasteiger partial charge in [0.05, 0.1) is 12.3 Å². The van der Waals surface area contributed by atoms with E-state index >= 15 is 0 Å². The minimum absolute atomic E-state index is 0.219. The van der Waals surface area contributed by atoms with Gasteiger partial charge in [-0.3, -0.25) is 9.78 Å². The van der Waals surface area contributed by atoms with Crippen LogP contribution in [0.1, 0.15) is 18.5 Å². The minimum atomic E-state index is -0.393. The molecule has 3 heterocycles. The van der Waals surface area contributed by atoms with Crippen molar-refractivity contribution in [2.75, 3.05) is 19.7 Å². The highest BCUT2D eigenvalue weighted by atomic mass is 16.5. The fourth-order valence-electron chi connectivity index (χ4n) is 2.37. The monoisotopic (exact) mass is 286 g/mol. The van der Waals surface area contributed by atoms with Gasteiger partial charge in [0.1, 0.15) is 0 Å². The molecule has 0 bridgehead atoms. The molecule has 2 aliphatic heterocycles. The number of rotatable bonds is 5. The van der Waals surface area contributed by atoms with Crippen LogP contribution in [-0.4, -0.2) is 48.1 Å². The second kappa shape index (κ2) is 6.49. The molecule has 3 rings (SSSR count). The first-order chi connectivity index (χ1) is 10.3. The average molecular weight is 286 g/mol. The van der Waals surface area contributed by atoms with E-state index in [0.717, 1.165) is 24.2 Å². The number of likely N-dealkylation sites (tertiary alicyclic amines) is 1. The van der Waals surface area contributed by atoms with Gasteiger partial charge in [-0.25, -0.2) is 4.99 Å². The van der Waals surface area contributed by atoms with Crippen LogP contribution in [0.3, 0.4) is 0 Å². The average Bonchev–Trinajstić information content (AvgIpc) is 2.94. The molecule has 6 nitrogen and oxygen atoms in total. The predicted molar refractivity (Wildman–Crippen MR) is 79.4 cm³/mol. The second-order valence-corrected chi connectivity index (χ2v) is 4.97. The van der Waals surface area contributed by atoms with Crippen LogP contribution in [0.2, 0.25) is 0 Å². The summed E-state index contributed by atoms with van der Waals surface area (Å²) in [4.78, 5) is 21.9. The first kappa shape index (κ1) is 13.8. The van der Waals surface area contributed by atoms with Gasteiger partial charge in [-0.1, -0.05) is 6.07 Å². The molecule has 1 aromatic heterocycles. The standard InChI is InChI=1S/C15H18N4O2/c20-14-5-3-7-19(14)8-9-21-15-17-10-12(11-18-15)13-4-1-2-6-16-13/h1-2,4,6,10-11,15,17H,3,5,7-9H2. The number of carbonyl (C=O) groups is 1. The van der Waals surface area contributed by atoms with Gasteiger partial charge in [-0.05, 0) is 18.6 Å². The number of hydrogen-bond acceptors (Lipinski definition) is 5. The normalized spacial score (nSPS) is 21.3. The third-order valence-electron chi connectivity index (χ3n) is 3.50. The molecule has 1 N–H and O–H groups in total. The van der Waals surface area contributed by atoms with Gasteiger partial charge in [-0.15, -0.1) is 0 Å². The van der Waals surface area contributed by atoms with Crippen LogP contribution in [0.4, 0.5) is 0 Å². The maximum absolute atomic E-state index is 11.5. The highest BCUT2D eigenvalue weighted by Crippen LogP contribution is 2.12. The Bertz CT molecular complexity index is 556. The molecule has 0 spiro atoms. The van der Waals surface area contributed by atoms with E-state index < -0.39 is 6.35 Å².